The molecule has 14 heteroatoms. The molecule has 1 fully saturated rings. The van der Waals surface area contributed by atoms with E-state index in [1.54, 1.807) is 20.8 Å². The van der Waals surface area contributed by atoms with Gasteiger partial charge in [0.2, 0.25) is 11.8 Å². The molecule has 0 radical (unpaired) electrons. The number of fused-ring (bicyclic) bond motifs is 1. The molecule has 2 aliphatic heterocycles. The molecule has 2 atom stereocenters. The lowest BCUT2D eigenvalue weighted by Crippen LogP contribution is -2.55. The van der Waals surface area contributed by atoms with Crippen LogP contribution in [0.2, 0.25) is 0 Å². The van der Waals surface area contributed by atoms with Gasteiger partial charge in [-0.05, 0) is 19.3 Å². The van der Waals surface area contributed by atoms with Crippen LogP contribution in [0, 0.1) is 11.7 Å². The minimum absolute atomic E-state index is 0.0280. The van der Waals surface area contributed by atoms with Crippen molar-refractivity contribution in [2.45, 2.75) is 58.4 Å². The first-order valence-electron chi connectivity index (χ1n) is 11.9. The third-order valence-corrected chi connectivity index (χ3v) is 5.93. The predicted octanol–water partition coefficient (Wildman–Crippen LogP) is 2.13. The van der Waals surface area contributed by atoms with Crippen LogP contribution in [0.5, 0.6) is 0 Å². The van der Waals surface area contributed by atoms with Crippen molar-refractivity contribution in [1.29, 1.82) is 0 Å². The van der Waals surface area contributed by atoms with Crippen LogP contribution in [-0.2, 0) is 16.1 Å². The van der Waals surface area contributed by atoms with Crippen molar-refractivity contribution in [1.82, 2.24) is 19.5 Å². The number of hydrogen-bond acceptors (Lipinski definition) is 8. The van der Waals surface area contributed by atoms with Gasteiger partial charge in [0.1, 0.15) is 6.04 Å². The number of rotatable bonds is 5. The number of nitrogens with zero attached hydrogens (tertiary/aromatic N) is 5. The van der Waals surface area contributed by atoms with Crippen molar-refractivity contribution in [3.8, 4) is 0 Å². The van der Waals surface area contributed by atoms with Gasteiger partial charge >= 0.3 is 6.18 Å². The molecule has 0 bridgehead atoms. The van der Waals surface area contributed by atoms with Gasteiger partial charge in [-0.1, -0.05) is 13.8 Å². The Morgan fingerprint density at radius 1 is 1.27 bits per heavy atom. The zero-order valence-corrected chi connectivity index (χ0v) is 20.8. The molecule has 0 spiro atoms. The molecule has 37 heavy (non-hydrogen) atoms. The molecule has 2 aromatic heterocycles. The average molecular weight is 531 g/mol. The molecule has 1 saturated heterocycles. The van der Waals surface area contributed by atoms with E-state index in [0.717, 1.165) is 9.47 Å². The van der Waals surface area contributed by atoms with Crippen molar-refractivity contribution in [2.24, 2.45) is 5.92 Å². The molecule has 4 rings (SSSR count). The van der Waals surface area contributed by atoms with E-state index < -0.39 is 42.3 Å². The Labute approximate surface area is 210 Å². The van der Waals surface area contributed by atoms with Gasteiger partial charge in [-0.3, -0.25) is 19.0 Å². The van der Waals surface area contributed by atoms with Gasteiger partial charge in [0.05, 0.1) is 32.1 Å². The van der Waals surface area contributed by atoms with Crippen LogP contribution in [0.4, 0.5) is 29.3 Å². The highest BCUT2D eigenvalue weighted by Crippen LogP contribution is 2.35. The zero-order chi connectivity index (χ0) is 27.3. The minimum atomic E-state index is -4.62. The van der Waals surface area contributed by atoms with E-state index in [-0.39, 0.29) is 62.0 Å². The number of hydrogen-bond donors (Lipinski definition) is 1. The van der Waals surface area contributed by atoms with Crippen molar-refractivity contribution in [3.05, 3.63) is 45.1 Å². The number of halogens is 4. The predicted molar refractivity (Wildman–Crippen MR) is 127 cm³/mol. The van der Waals surface area contributed by atoms with E-state index in [4.69, 9.17) is 4.74 Å². The molecule has 2 aliphatic rings. The van der Waals surface area contributed by atoms with Crippen LogP contribution in [0.3, 0.4) is 0 Å². The SMILES string of the molecule is CC(C)CC(=O)CN1c2nc(N3CCOC[C@H]3C)c(F)c(=O)n2CC[C@H]1C(F)(F)F.O=c1ccnc[nH]1. The summed E-state index contributed by atoms with van der Waals surface area (Å²) in [5, 5.41) is 0. The summed E-state index contributed by atoms with van der Waals surface area (Å²) in [5.74, 6) is -2.15. The van der Waals surface area contributed by atoms with Crippen LogP contribution in [0.25, 0.3) is 0 Å². The van der Waals surface area contributed by atoms with Crippen LogP contribution >= 0.6 is 0 Å². The van der Waals surface area contributed by atoms with Gasteiger partial charge in [0, 0.05) is 31.8 Å². The van der Waals surface area contributed by atoms with Gasteiger partial charge in [-0.2, -0.15) is 22.5 Å². The van der Waals surface area contributed by atoms with E-state index in [1.165, 1.54) is 23.5 Å². The highest BCUT2D eigenvalue weighted by atomic mass is 19.4. The molecular weight excluding hydrogens is 500 g/mol. The van der Waals surface area contributed by atoms with Gasteiger partial charge in [0.15, 0.2) is 11.6 Å². The van der Waals surface area contributed by atoms with Crippen LogP contribution in [-0.4, -0.2) is 69.9 Å². The molecule has 0 amide bonds. The van der Waals surface area contributed by atoms with E-state index in [2.05, 4.69) is 15.0 Å². The lowest BCUT2D eigenvalue weighted by molar-refractivity contribution is -0.153. The first-order chi connectivity index (χ1) is 17.4. The molecule has 10 nitrogen and oxygen atoms in total. The summed E-state index contributed by atoms with van der Waals surface area (Å²) in [4.78, 5) is 47.6. The topological polar surface area (TPSA) is 113 Å². The fraction of sp³-hybridized carbons (Fsp3) is 0.609. The van der Waals surface area contributed by atoms with Crippen LogP contribution < -0.4 is 20.9 Å². The van der Waals surface area contributed by atoms with Crippen LogP contribution in [0.1, 0.15) is 33.6 Å². The Morgan fingerprint density at radius 2 is 2.00 bits per heavy atom. The summed E-state index contributed by atoms with van der Waals surface area (Å²) in [6.45, 7) is 5.28. The Hall–Kier alpha value is -3.29. The number of ketones is 1. The second-order valence-corrected chi connectivity index (χ2v) is 9.34. The lowest BCUT2D eigenvalue weighted by atomic mass is 10.0. The summed E-state index contributed by atoms with van der Waals surface area (Å²) in [7, 11) is 0. The number of carbonyl (C=O) groups excluding carboxylic acids is 1. The van der Waals surface area contributed by atoms with Gasteiger partial charge in [-0.15, -0.1) is 0 Å². The van der Waals surface area contributed by atoms with E-state index in [9.17, 15) is 31.9 Å². The number of ether oxygens (including phenoxy) is 1. The summed E-state index contributed by atoms with van der Waals surface area (Å²) in [6.07, 6.45) is -2.19. The number of alkyl halides is 3. The molecular formula is C23H30F4N6O4. The maximum atomic E-state index is 14.9. The Morgan fingerprint density at radius 3 is 2.54 bits per heavy atom. The maximum Gasteiger partial charge on any atom is 0.408 e. The quantitative estimate of drug-likeness (QED) is 0.585. The second kappa shape index (κ2) is 11.8. The fourth-order valence-corrected chi connectivity index (χ4v) is 4.24. The molecule has 2 aromatic rings. The second-order valence-electron chi connectivity index (χ2n) is 9.34. The molecule has 0 aromatic carbocycles. The number of H-pyrrole nitrogens is 1. The number of anilines is 2. The number of aromatic nitrogens is 4. The summed E-state index contributed by atoms with van der Waals surface area (Å²) >= 11 is 0. The number of aromatic amines is 1. The Balaban J connectivity index is 0.000000468. The van der Waals surface area contributed by atoms with Crippen LogP contribution in [0.15, 0.2) is 28.2 Å². The van der Waals surface area contributed by atoms with Gasteiger partial charge < -0.3 is 19.5 Å². The molecule has 0 saturated carbocycles. The minimum Gasteiger partial charge on any atom is -0.377 e. The molecule has 204 valence electrons. The monoisotopic (exact) mass is 530 g/mol. The molecule has 4 heterocycles. The highest BCUT2D eigenvalue weighted by Gasteiger charge is 2.48. The summed E-state index contributed by atoms with van der Waals surface area (Å²) in [5.41, 5.74) is -1.15. The fourth-order valence-electron chi connectivity index (χ4n) is 4.24. The third-order valence-electron chi connectivity index (χ3n) is 5.93. The number of Topliss-reactive ketones (excluding diaryl/α,β-unsaturated/α-hetero) is 1. The molecule has 0 unspecified atom stereocenters. The van der Waals surface area contributed by atoms with E-state index in [0.29, 0.717) is 0 Å². The third kappa shape index (κ3) is 6.93. The summed E-state index contributed by atoms with van der Waals surface area (Å²) < 4.78 is 62.2. The van der Waals surface area contributed by atoms with Crippen molar-refractivity contribution in [3.63, 3.8) is 0 Å². The van der Waals surface area contributed by atoms with Gasteiger partial charge in [-0.25, -0.2) is 4.98 Å². The highest BCUT2D eigenvalue weighted by molar-refractivity contribution is 5.83. The number of nitrogens with one attached hydrogen (secondary N) is 1. The first kappa shape index (κ1) is 28.3. The molecule has 1 N–H and O–H groups in total. The van der Waals surface area contributed by atoms with E-state index >= 15 is 0 Å². The average Bonchev–Trinajstić information content (AvgIpc) is 2.82. The number of carbonyl (C=O) groups is 1. The standard InChI is InChI=1S/C19H26F4N4O3.C4H4N2O/c1-11(2)8-13(28)9-27-14(19(21,22)23)4-5-26-17(29)15(20)16(24-18(26)27)25-6-7-30-10-12(25)3;7-4-1-2-5-3-6-4/h11-12,14H,4-10H2,1-3H3;1-3H,(H,5,6,7)/t12-,14+;/m1./s1. The smallest absolute Gasteiger partial charge is 0.377 e. The number of morpholine rings is 1. The van der Waals surface area contributed by atoms with Gasteiger partial charge in [0.25, 0.3) is 11.1 Å². The Bertz CT molecular complexity index is 1180. The Kier molecular flexibility index (Phi) is 9.05. The maximum absolute atomic E-state index is 14.9. The first-order valence-corrected chi connectivity index (χ1v) is 11.9. The van der Waals surface area contributed by atoms with Crippen molar-refractivity contribution >= 4 is 17.5 Å². The van der Waals surface area contributed by atoms with Crippen molar-refractivity contribution < 1.29 is 27.1 Å². The zero-order valence-electron chi connectivity index (χ0n) is 20.8. The molecule has 0 aliphatic carbocycles. The van der Waals surface area contributed by atoms with E-state index in [1.807, 2.05) is 0 Å². The normalized spacial score (nSPS) is 19.8. The largest absolute Gasteiger partial charge is 0.408 e. The summed E-state index contributed by atoms with van der Waals surface area (Å²) in [6, 6.07) is -0.915. The lowest BCUT2D eigenvalue weighted by Gasteiger charge is -2.40. The van der Waals surface area contributed by atoms with Crippen molar-refractivity contribution in [2.75, 3.05) is 36.1 Å².